The van der Waals surface area contributed by atoms with Crippen LogP contribution < -0.4 is 5.32 Å². The lowest BCUT2D eigenvalue weighted by atomic mass is 10.0. The van der Waals surface area contributed by atoms with Crippen molar-refractivity contribution in [2.24, 2.45) is 5.92 Å². The van der Waals surface area contributed by atoms with Crippen LogP contribution in [0.1, 0.15) is 36.6 Å². The Hall–Kier alpha value is -1.35. The molecule has 0 bridgehead atoms. The van der Waals surface area contributed by atoms with Crippen LogP contribution in [0.25, 0.3) is 0 Å². The first-order valence-corrected chi connectivity index (χ1v) is 6.07. The summed E-state index contributed by atoms with van der Waals surface area (Å²) in [5.41, 5.74) is 3.71. The number of nitrogens with one attached hydrogen (secondary N) is 1. The fourth-order valence-corrected chi connectivity index (χ4v) is 2.45. The molecule has 0 aliphatic heterocycles. The number of aliphatic hydroxyl groups is 1. The molecule has 3 unspecified atom stereocenters. The molecule has 0 heterocycles. The topological polar surface area (TPSA) is 49.3 Å². The van der Waals surface area contributed by atoms with E-state index in [4.69, 9.17) is 0 Å². The third-order valence-corrected chi connectivity index (χ3v) is 3.42. The molecule has 1 aliphatic carbocycles. The molecule has 1 aliphatic rings. The molecule has 0 saturated heterocycles. The molecule has 17 heavy (non-hydrogen) atoms. The average Bonchev–Trinajstić information content (AvgIpc) is 2.55. The van der Waals surface area contributed by atoms with Crippen molar-refractivity contribution in [1.82, 2.24) is 5.32 Å². The number of aliphatic hydroxyl groups excluding tert-OH is 1. The number of carbonyl (C=O) groups is 1. The highest BCUT2D eigenvalue weighted by Crippen LogP contribution is 2.36. The number of amides is 1. The van der Waals surface area contributed by atoms with Gasteiger partial charge in [-0.25, -0.2) is 0 Å². The van der Waals surface area contributed by atoms with Gasteiger partial charge in [-0.2, -0.15) is 0 Å². The van der Waals surface area contributed by atoms with Gasteiger partial charge < -0.3 is 10.4 Å². The third-order valence-electron chi connectivity index (χ3n) is 3.42. The first-order valence-electron chi connectivity index (χ1n) is 6.07. The van der Waals surface area contributed by atoms with E-state index in [-0.39, 0.29) is 11.9 Å². The van der Waals surface area contributed by atoms with Gasteiger partial charge in [0.05, 0.1) is 6.04 Å². The largest absolute Gasteiger partial charge is 0.384 e. The zero-order chi connectivity index (χ0) is 12.6. The Morgan fingerprint density at radius 2 is 2.24 bits per heavy atom. The molecule has 1 aromatic rings. The van der Waals surface area contributed by atoms with Crippen LogP contribution >= 0.6 is 0 Å². The number of benzene rings is 1. The van der Waals surface area contributed by atoms with Gasteiger partial charge in [0, 0.05) is 0 Å². The van der Waals surface area contributed by atoms with Crippen molar-refractivity contribution < 1.29 is 9.90 Å². The van der Waals surface area contributed by atoms with E-state index >= 15 is 0 Å². The fraction of sp³-hybridized carbons (Fsp3) is 0.500. The summed E-state index contributed by atoms with van der Waals surface area (Å²) >= 11 is 0. The molecular weight excluding hydrogens is 214 g/mol. The minimum absolute atomic E-state index is 0.0343. The summed E-state index contributed by atoms with van der Waals surface area (Å²) in [6, 6.07) is 6.40. The first kappa shape index (κ1) is 12.1. The van der Waals surface area contributed by atoms with Crippen molar-refractivity contribution in [2.75, 3.05) is 0 Å². The quantitative estimate of drug-likeness (QED) is 0.817. The molecule has 3 nitrogen and oxygen atoms in total. The van der Waals surface area contributed by atoms with E-state index < -0.39 is 6.10 Å². The smallest absolute Gasteiger partial charge is 0.249 e. The summed E-state index contributed by atoms with van der Waals surface area (Å²) in [5.74, 6) is 0.0886. The Bertz CT molecular complexity index is 440. The van der Waals surface area contributed by atoms with Crippen LogP contribution in [0, 0.1) is 12.8 Å². The molecular formula is C14H19NO2. The predicted octanol–water partition coefficient (Wildman–Crippen LogP) is 1.73. The summed E-state index contributed by atoms with van der Waals surface area (Å²) in [4.78, 5) is 11.6. The van der Waals surface area contributed by atoms with E-state index in [0.717, 1.165) is 6.42 Å². The maximum absolute atomic E-state index is 11.6. The number of hydrogen-bond acceptors (Lipinski definition) is 2. The van der Waals surface area contributed by atoms with Crippen molar-refractivity contribution in [2.45, 2.75) is 39.3 Å². The van der Waals surface area contributed by atoms with Gasteiger partial charge in [0.1, 0.15) is 6.10 Å². The lowest BCUT2D eigenvalue weighted by molar-refractivity contribution is -0.129. The van der Waals surface area contributed by atoms with Gasteiger partial charge in [0.25, 0.3) is 0 Å². The van der Waals surface area contributed by atoms with Crippen LogP contribution in [0.2, 0.25) is 0 Å². The number of fused-ring (bicyclic) bond motifs is 1. The Labute approximate surface area is 102 Å². The number of rotatable bonds is 2. The summed E-state index contributed by atoms with van der Waals surface area (Å²) < 4.78 is 0. The molecule has 0 fully saturated rings. The Morgan fingerprint density at radius 1 is 1.53 bits per heavy atom. The van der Waals surface area contributed by atoms with Crippen molar-refractivity contribution in [3.8, 4) is 0 Å². The monoisotopic (exact) mass is 233 g/mol. The molecule has 0 radical (unpaired) electrons. The highest BCUT2D eigenvalue weighted by Gasteiger charge is 2.31. The van der Waals surface area contributed by atoms with Crippen LogP contribution in [0.15, 0.2) is 18.2 Å². The highest BCUT2D eigenvalue weighted by atomic mass is 16.3. The van der Waals surface area contributed by atoms with Gasteiger partial charge in [0.2, 0.25) is 5.91 Å². The lowest BCUT2D eigenvalue weighted by Crippen LogP contribution is -2.36. The normalized spacial score (nSPS) is 24.2. The van der Waals surface area contributed by atoms with Gasteiger partial charge >= 0.3 is 0 Å². The Balaban J connectivity index is 2.25. The van der Waals surface area contributed by atoms with Gasteiger partial charge in [-0.1, -0.05) is 30.7 Å². The number of hydrogen-bond donors (Lipinski definition) is 2. The van der Waals surface area contributed by atoms with E-state index in [2.05, 4.69) is 37.4 Å². The van der Waals surface area contributed by atoms with Crippen LogP contribution in [0.3, 0.4) is 0 Å². The Kier molecular flexibility index (Phi) is 3.20. The molecule has 3 atom stereocenters. The number of carbonyl (C=O) groups excluding carboxylic acids is 1. The fourth-order valence-electron chi connectivity index (χ4n) is 2.45. The maximum atomic E-state index is 11.6. The molecule has 92 valence electrons. The van der Waals surface area contributed by atoms with E-state index in [0.29, 0.717) is 5.92 Å². The van der Waals surface area contributed by atoms with Crippen molar-refractivity contribution >= 4 is 5.91 Å². The zero-order valence-corrected chi connectivity index (χ0v) is 10.5. The molecule has 1 aromatic carbocycles. The van der Waals surface area contributed by atoms with E-state index in [1.165, 1.54) is 23.6 Å². The Morgan fingerprint density at radius 3 is 2.88 bits per heavy atom. The summed E-state index contributed by atoms with van der Waals surface area (Å²) in [6.45, 7) is 5.67. The molecule has 0 aromatic heterocycles. The van der Waals surface area contributed by atoms with Crippen molar-refractivity contribution in [1.29, 1.82) is 0 Å². The molecule has 2 rings (SSSR count). The van der Waals surface area contributed by atoms with Crippen LogP contribution in [0.4, 0.5) is 0 Å². The van der Waals surface area contributed by atoms with E-state index in [1.807, 2.05) is 0 Å². The van der Waals surface area contributed by atoms with Crippen LogP contribution in [0.5, 0.6) is 0 Å². The van der Waals surface area contributed by atoms with Crippen LogP contribution in [-0.4, -0.2) is 17.1 Å². The van der Waals surface area contributed by atoms with Gasteiger partial charge in [-0.3, -0.25) is 4.79 Å². The van der Waals surface area contributed by atoms with Crippen molar-refractivity contribution in [3.63, 3.8) is 0 Å². The SMILES string of the molecule is Cc1ccc2c(c1)C(NC(=O)C(C)O)C(C)C2. The predicted molar refractivity (Wildman–Crippen MR) is 66.6 cm³/mol. The third kappa shape index (κ3) is 2.34. The average molecular weight is 233 g/mol. The summed E-state index contributed by atoms with van der Waals surface area (Å²) in [6.07, 6.45) is 0.0384. The van der Waals surface area contributed by atoms with Crippen molar-refractivity contribution in [3.05, 3.63) is 34.9 Å². The molecule has 3 heteroatoms. The van der Waals surface area contributed by atoms with Gasteiger partial charge in [-0.05, 0) is 37.3 Å². The van der Waals surface area contributed by atoms with Crippen LogP contribution in [-0.2, 0) is 11.2 Å². The minimum atomic E-state index is -0.948. The molecule has 0 spiro atoms. The minimum Gasteiger partial charge on any atom is -0.384 e. The second-order valence-electron chi connectivity index (χ2n) is 5.05. The number of aryl methyl sites for hydroxylation is 1. The lowest BCUT2D eigenvalue weighted by Gasteiger charge is -2.20. The molecule has 1 amide bonds. The maximum Gasteiger partial charge on any atom is 0.249 e. The second kappa shape index (κ2) is 4.49. The highest BCUT2D eigenvalue weighted by molar-refractivity contribution is 5.80. The second-order valence-corrected chi connectivity index (χ2v) is 5.05. The van der Waals surface area contributed by atoms with Gasteiger partial charge in [-0.15, -0.1) is 0 Å². The van der Waals surface area contributed by atoms with Gasteiger partial charge in [0.15, 0.2) is 0 Å². The van der Waals surface area contributed by atoms with E-state index in [1.54, 1.807) is 0 Å². The standard InChI is InChI=1S/C14H19NO2/c1-8-4-5-11-7-9(2)13(12(11)6-8)15-14(17)10(3)16/h4-6,9-10,13,16H,7H2,1-3H3,(H,15,17). The molecule has 0 saturated carbocycles. The van der Waals surface area contributed by atoms with E-state index in [9.17, 15) is 9.90 Å². The first-order chi connectivity index (χ1) is 7.99. The zero-order valence-electron chi connectivity index (χ0n) is 10.5. The molecule has 2 N–H and O–H groups in total. The summed E-state index contributed by atoms with van der Waals surface area (Å²) in [7, 11) is 0. The summed E-state index contributed by atoms with van der Waals surface area (Å²) in [5, 5.41) is 12.2.